The largest absolute Gasteiger partial charge is 0.341 e. The minimum Gasteiger partial charge on any atom is -0.341 e. The van der Waals surface area contributed by atoms with Crippen LogP contribution in [0.1, 0.15) is 24.4 Å². The first-order valence-electron chi connectivity index (χ1n) is 5.38. The Balaban J connectivity index is 2.07. The van der Waals surface area contributed by atoms with Crippen LogP contribution in [-0.4, -0.2) is 23.9 Å². The molecule has 15 heavy (non-hydrogen) atoms. The Hall–Kier alpha value is -1.35. The third kappa shape index (κ3) is 2.18. The summed E-state index contributed by atoms with van der Waals surface area (Å²) in [6, 6.07) is 9.05. The van der Waals surface area contributed by atoms with Crippen molar-refractivity contribution < 1.29 is 4.79 Å². The smallest absolute Gasteiger partial charge is 0.244 e. The van der Waals surface area contributed by atoms with Crippen LogP contribution in [0.25, 0.3) is 0 Å². The highest BCUT2D eigenvalue weighted by Gasteiger charge is 2.24. The Bertz CT molecular complexity index is 331. The topological polar surface area (TPSA) is 46.3 Å². The number of benzene rings is 1. The number of hydrogen-bond acceptors (Lipinski definition) is 2. The number of amides is 1. The predicted octanol–water partition coefficient (Wildman–Crippen LogP) is 1.31. The van der Waals surface area contributed by atoms with Gasteiger partial charge in [-0.25, -0.2) is 0 Å². The van der Waals surface area contributed by atoms with Gasteiger partial charge >= 0.3 is 0 Å². The van der Waals surface area contributed by atoms with Crippen LogP contribution in [0.2, 0.25) is 0 Å². The fourth-order valence-corrected chi connectivity index (χ4v) is 1.94. The fraction of sp³-hybridized carbons (Fsp3) is 0.417. The van der Waals surface area contributed by atoms with E-state index < -0.39 is 6.04 Å². The number of hydrogen-bond donors (Lipinski definition) is 1. The highest BCUT2D eigenvalue weighted by Crippen LogP contribution is 2.16. The van der Waals surface area contributed by atoms with Gasteiger partial charge in [0.1, 0.15) is 6.04 Å². The van der Waals surface area contributed by atoms with E-state index in [1.54, 1.807) is 0 Å². The van der Waals surface area contributed by atoms with Crippen LogP contribution in [-0.2, 0) is 4.79 Å². The van der Waals surface area contributed by atoms with Gasteiger partial charge in [-0.05, 0) is 18.4 Å². The molecule has 0 spiro atoms. The second kappa shape index (κ2) is 4.45. The average Bonchev–Trinajstić information content (AvgIpc) is 2.82. The normalized spacial score (nSPS) is 17.8. The van der Waals surface area contributed by atoms with Crippen LogP contribution in [0.15, 0.2) is 30.3 Å². The molecule has 0 radical (unpaired) electrons. The second-order valence-corrected chi connectivity index (χ2v) is 3.92. The van der Waals surface area contributed by atoms with Crippen molar-refractivity contribution >= 4 is 5.91 Å². The molecule has 1 unspecified atom stereocenters. The van der Waals surface area contributed by atoms with Crippen molar-refractivity contribution in [1.82, 2.24) is 4.90 Å². The van der Waals surface area contributed by atoms with Crippen molar-refractivity contribution in [2.24, 2.45) is 5.73 Å². The Morgan fingerprint density at radius 1 is 1.20 bits per heavy atom. The third-order valence-corrected chi connectivity index (χ3v) is 2.84. The monoisotopic (exact) mass is 204 g/mol. The van der Waals surface area contributed by atoms with Crippen LogP contribution in [0.3, 0.4) is 0 Å². The summed E-state index contributed by atoms with van der Waals surface area (Å²) in [5.41, 5.74) is 6.82. The minimum atomic E-state index is -0.496. The van der Waals surface area contributed by atoms with E-state index in [1.165, 1.54) is 0 Å². The van der Waals surface area contributed by atoms with Crippen molar-refractivity contribution in [2.75, 3.05) is 13.1 Å². The lowest BCUT2D eigenvalue weighted by molar-refractivity contribution is -0.131. The molecule has 0 saturated carbocycles. The molecule has 3 nitrogen and oxygen atoms in total. The number of likely N-dealkylation sites (tertiary alicyclic amines) is 1. The molecule has 1 saturated heterocycles. The molecule has 0 aliphatic carbocycles. The van der Waals surface area contributed by atoms with Crippen molar-refractivity contribution in [2.45, 2.75) is 18.9 Å². The molecule has 1 heterocycles. The maximum atomic E-state index is 11.9. The fourth-order valence-electron chi connectivity index (χ4n) is 1.94. The zero-order valence-electron chi connectivity index (χ0n) is 8.73. The van der Waals surface area contributed by atoms with E-state index in [1.807, 2.05) is 35.2 Å². The van der Waals surface area contributed by atoms with Gasteiger partial charge in [0.15, 0.2) is 0 Å². The lowest BCUT2D eigenvalue weighted by atomic mass is 10.1. The van der Waals surface area contributed by atoms with Gasteiger partial charge in [-0.15, -0.1) is 0 Å². The van der Waals surface area contributed by atoms with Gasteiger partial charge in [0, 0.05) is 13.1 Å². The lowest BCUT2D eigenvalue weighted by Gasteiger charge is -2.20. The van der Waals surface area contributed by atoms with E-state index in [2.05, 4.69) is 0 Å². The molecule has 1 amide bonds. The Morgan fingerprint density at radius 2 is 1.80 bits per heavy atom. The first-order valence-corrected chi connectivity index (χ1v) is 5.38. The summed E-state index contributed by atoms with van der Waals surface area (Å²) >= 11 is 0. The SMILES string of the molecule is NC(C(=O)N1CCCC1)c1ccccc1. The molecule has 1 aromatic carbocycles. The van der Waals surface area contributed by atoms with Gasteiger partial charge in [0.25, 0.3) is 0 Å². The van der Waals surface area contributed by atoms with Crippen LogP contribution < -0.4 is 5.73 Å². The van der Waals surface area contributed by atoms with Crippen LogP contribution in [0.4, 0.5) is 0 Å². The van der Waals surface area contributed by atoms with Gasteiger partial charge in [-0.1, -0.05) is 30.3 Å². The summed E-state index contributed by atoms with van der Waals surface area (Å²) in [7, 11) is 0. The molecular formula is C12H16N2O. The minimum absolute atomic E-state index is 0.0544. The predicted molar refractivity (Wildman–Crippen MR) is 59.2 cm³/mol. The molecule has 1 atom stereocenters. The zero-order valence-corrected chi connectivity index (χ0v) is 8.73. The second-order valence-electron chi connectivity index (χ2n) is 3.92. The number of rotatable bonds is 2. The highest BCUT2D eigenvalue weighted by molar-refractivity contribution is 5.83. The van der Waals surface area contributed by atoms with Crippen LogP contribution >= 0.6 is 0 Å². The highest BCUT2D eigenvalue weighted by atomic mass is 16.2. The summed E-state index contributed by atoms with van der Waals surface area (Å²) in [6.07, 6.45) is 2.21. The first-order chi connectivity index (χ1) is 7.29. The molecule has 1 fully saturated rings. The Kier molecular flexibility index (Phi) is 3.02. The summed E-state index contributed by atoms with van der Waals surface area (Å²) in [5.74, 6) is 0.0544. The average molecular weight is 204 g/mol. The molecule has 1 aliphatic rings. The number of nitrogens with two attached hydrogens (primary N) is 1. The number of carbonyl (C=O) groups is 1. The molecule has 0 bridgehead atoms. The lowest BCUT2D eigenvalue weighted by Crippen LogP contribution is -2.36. The number of carbonyl (C=O) groups excluding carboxylic acids is 1. The van der Waals surface area contributed by atoms with E-state index >= 15 is 0 Å². The quantitative estimate of drug-likeness (QED) is 0.789. The summed E-state index contributed by atoms with van der Waals surface area (Å²) in [4.78, 5) is 13.8. The molecular weight excluding hydrogens is 188 g/mol. The van der Waals surface area contributed by atoms with Crippen molar-refractivity contribution in [3.05, 3.63) is 35.9 Å². The van der Waals surface area contributed by atoms with Crippen LogP contribution in [0.5, 0.6) is 0 Å². The van der Waals surface area contributed by atoms with E-state index in [-0.39, 0.29) is 5.91 Å². The van der Waals surface area contributed by atoms with E-state index in [4.69, 9.17) is 5.73 Å². The van der Waals surface area contributed by atoms with Crippen molar-refractivity contribution in [3.63, 3.8) is 0 Å². The molecule has 80 valence electrons. The molecule has 3 heteroatoms. The van der Waals surface area contributed by atoms with Crippen molar-refractivity contribution in [3.8, 4) is 0 Å². The van der Waals surface area contributed by atoms with Gasteiger partial charge in [0.2, 0.25) is 5.91 Å². The van der Waals surface area contributed by atoms with Gasteiger partial charge in [-0.2, -0.15) is 0 Å². The summed E-state index contributed by atoms with van der Waals surface area (Å²) < 4.78 is 0. The standard InChI is InChI=1S/C12H16N2O/c13-11(10-6-2-1-3-7-10)12(15)14-8-4-5-9-14/h1-3,6-7,11H,4-5,8-9,13H2. The summed E-state index contributed by atoms with van der Waals surface area (Å²) in [5, 5.41) is 0. The molecule has 1 aromatic rings. The van der Waals surface area contributed by atoms with E-state index in [0.717, 1.165) is 31.5 Å². The Labute approximate surface area is 89.9 Å². The molecule has 2 N–H and O–H groups in total. The maximum absolute atomic E-state index is 11.9. The van der Waals surface area contributed by atoms with E-state index in [0.29, 0.717) is 0 Å². The number of nitrogens with zero attached hydrogens (tertiary/aromatic N) is 1. The molecule has 2 rings (SSSR count). The first kappa shape index (κ1) is 10.2. The van der Waals surface area contributed by atoms with Gasteiger partial charge < -0.3 is 10.6 Å². The zero-order chi connectivity index (χ0) is 10.7. The Morgan fingerprint density at radius 3 is 2.40 bits per heavy atom. The third-order valence-electron chi connectivity index (χ3n) is 2.84. The molecule has 0 aromatic heterocycles. The summed E-state index contributed by atoms with van der Waals surface area (Å²) in [6.45, 7) is 1.72. The maximum Gasteiger partial charge on any atom is 0.244 e. The van der Waals surface area contributed by atoms with Crippen LogP contribution in [0, 0.1) is 0 Å². The van der Waals surface area contributed by atoms with Gasteiger partial charge in [0.05, 0.1) is 0 Å². The van der Waals surface area contributed by atoms with Crippen molar-refractivity contribution in [1.29, 1.82) is 0 Å². The molecule has 1 aliphatic heterocycles. The van der Waals surface area contributed by atoms with Gasteiger partial charge in [-0.3, -0.25) is 4.79 Å². The van der Waals surface area contributed by atoms with E-state index in [9.17, 15) is 4.79 Å².